The van der Waals surface area contributed by atoms with Crippen molar-refractivity contribution in [1.29, 1.82) is 0 Å². The van der Waals surface area contributed by atoms with Crippen molar-refractivity contribution in [3.63, 3.8) is 0 Å². The van der Waals surface area contributed by atoms with Crippen LogP contribution in [-0.4, -0.2) is 54.7 Å². The maximum Gasteiger partial charge on any atom is 0.243 e. The summed E-state index contributed by atoms with van der Waals surface area (Å²) in [4.78, 5) is 13.8. The van der Waals surface area contributed by atoms with Crippen LogP contribution in [0.25, 0.3) is 0 Å². The number of hydrogen-bond donors (Lipinski definition) is 0. The lowest BCUT2D eigenvalue weighted by atomic mass is 10.2. The van der Waals surface area contributed by atoms with Gasteiger partial charge in [0.1, 0.15) is 0 Å². The molecule has 1 aromatic heterocycles. The number of benzene rings is 1. The van der Waals surface area contributed by atoms with Crippen LogP contribution in [0.1, 0.15) is 24.5 Å². The van der Waals surface area contributed by atoms with Crippen LogP contribution in [0.3, 0.4) is 0 Å². The van der Waals surface area contributed by atoms with Gasteiger partial charge in [-0.3, -0.25) is 9.48 Å². The maximum atomic E-state index is 13.0. The number of sulfonamides is 1. The number of amides is 1. The largest absolute Gasteiger partial charge is 0.371 e. The smallest absolute Gasteiger partial charge is 0.243 e. The van der Waals surface area contributed by atoms with E-state index in [1.165, 1.54) is 4.31 Å². The Morgan fingerprint density at radius 3 is 2.59 bits per heavy atom. The zero-order chi connectivity index (χ0) is 19.0. The number of ether oxygens (including phenoxy) is 1. The summed E-state index contributed by atoms with van der Waals surface area (Å²) < 4.78 is 34.9. The Kier molecular flexibility index (Phi) is 4.75. The van der Waals surface area contributed by atoms with Crippen LogP contribution in [0.4, 0.5) is 5.69 Å². The standard InChI is InChI=1S/C18H22N4O4S/c1-20-12-14(11-19-20)17-13-21(9-10-26-17)27(24,25)16-6-4-15(5-7-16)22-8-2-3-18(22)23/h4-7,11-12,17H,2-3,8-10,13H2,1H3/t17-/m1/s1. The number of aromatic nitrogens is 2. The fraction of sp³-hybridized carbons (Fsp3) is 0.444. The average Bonchev–Trinajstić information content (AvgIpc) is 3.30. The van der Waals surface area contributed by atoms with Crippen LogP contribution in [-0.2, 0) is 26.6 Å². The lowest BCUT2D eigenvalue weighted by Gasteiger charge is -2.31. The van der Waals surface area contributed by atoms with Crippen LogP contribution >= 0.6 is 0 Å². The third kappa shape index (κ3) is 3.50. The Labute approximate surface area is 158 Å². The number of carbonyl (C=O) groups is 1. The van der Waals surface area contributed by atoms with E-state index >= 15 is 0 Å². The highest BCUT2D eigenvalue weighted by Gasteiger charge is 2.32. The van der Waals surface area contributed by atoms with Crippen LogP contribution in [0.15, 0.2) is 41.6 Å². The number of nitrogens with zero attached hydrogens (tertiary/aromatic N) is 4. The molecular weight excluding hydrogens is 368 g/mol. The first-order valence-corrected chi connectivity index (χ1v) is 10.4. The van der Waals surface area contributed by atoms with E-state index in [2.05, 4.69) is 5.10 Å². The summed E-state index contributed by atoms with van der Waals surface area (Å²) in [7, 11) is -1.81. The topological polar surface area (TPSA) is 84.7 Å². The molecule has 9 heteroatoms. The van der Waals surface area contributed by atoms with Gasteiger partial charge in [0.25, 0.3) is 0 Å². The summed E-state index contributed by atoms with van der Waals surface area (Å²) in [6, 6.07) is 6.56. The van der Waals surface area contributed by atoms with Crippen molar-refractivity contribution < 1.29 is 17.9 Å². The van der Waals surface area contributed by atoms with Gasteiger partial charge >= 0.3 is 0 Å². The molecule has 0 aliphatic carbocycles. The van der Waals surface area contributed by atoms with Gasteiger partial charge in [0, 0.05) is 50.6 Å². The van der Waals surface area contributed by atoms with Crippen molar-refractivity contribution >= 4 is 21.6 Å². The Morgan fingerprint density at radius 2 is 1.96 bits per heavy atom. The molecule has 0 radical (unpaired) electrons. The van der Waals surface area contributed by atoms with Gasteiger partial charge in [-0.25, -0.2) is 8.42 Å². The molecule has 0 N–H and O–H groups in total. The first-order valence-electron chi connectivity index (χ1n) is 8.96. The van der Waals surface area contributed by atoms with Crippen molar-refractivity contribution in [2.24, 2.45) is 7.05 Å². The van der Waals surface area contributed by atoms with Crippen LogP contribution in [0, 0.1) is 0 Å². The fourth-order valence-corrected chi connectivity index (χ4v) is 4.95. The summed E-state index contributed by atoms with van der Waals surface area (Å²) in [5.41, 5.74) is 1.60. The molecule has 2 saturated heterocycles. The molecule has 27 heavy (non-hydrogen) atoms. The fourth-order valence-electron chi connectivity index (χ4n) is 3.52. The molecule has 0 unspecified atom stereocenters. The molecule has 3 heterocycles. The number of carbonyl (C=O) groups excluding carboxylic acids is 1. The highest BCUT2D eigenvalue weighted by molar-refractivity contribution is 7.89. The zero-order valence-electron chi connectivity index (χ0n) is 15.1. The molecular formula is C18H22N4O4S. The first kappa shape index (κ1) is 18.1. The number of morpholine rings is 1. The summed E-state index contributed by atoms with van der Waals surface area (Å²) in [5.74, 6) is 0.0816. The molecule has 1 amide bonds. The van der Waals surface area contributed by atoms with Gasteiger partial charge in [-0.2, -0.15) is 9.40 Å². The first-order chi connectivity index (χ1) is 12.9. The maximum absolute atomic E-state index is 13.0. The molecule has 1 aromatic carbocycles. The van der Waals surface area contributed by atoms with Crippen molar-refractivity contribution in [1.82, 2.24) is 14.1 Å². The van der Waals surface area contributed by atoms with E-state index in [1.54, 1.807) is 40.0 Å². The van der Waals surface area contributed by atoms with Gasteiger partial charge in [0.2, 0.25) is 15.9 Å². The van der Waals surface area contributed by atoms with Gasteiger partial charge in [-0.15, -0.1) is 0 Å². The second-order valence-corrected chi connectivity index (χ2v) is 8.75. The molecule has 4 rings (SSSR count). The molecule has 0 spiro atoms. The molecule has 144 valence electrons. The predicted molar refractivity (Wildman–Crippen MR) is 98.7 cm³/mol. The average molecular weight is 390 g/mol. The Hall–Kier alpha value is -2.23. The highest BCUT2D eigenvalue weighted by atomic mass is 32.2. The van der Waals surface area contributed by atoms with Crippen molar-refractivity contribution in [2.45, 2.75) is 23.8 Å². The number of rotatable bonds is 4. The van der Waals surface area contributed by atoms with Crippen molar-refractivity contribution in [2.75, 3.05) is 31.1 Å². The van der Waals surface area contributed by atoms with Crippen LogP contribution in [0.2, 0.25) is 0 Å². The minimum absolute atomic E-state index is 0.0816. The summed E-state index contributed by atoms with van der Waals surface area (Å²) in [6.07, 6.45) is 4.58. The van der Waals surface area contributed by atoms with Gasteiger partial charge in [-0.05, 0) is 30.7 Å². The Bertz CT molecular complexity index is 939. The van der Waals surface area contributed by atoms with Crippen LogP contribution in [0.5, 0.6) is 0 Å². The number of hydrogen-bond acceptors (Lipinski definition) is 5. The molecule has 2 aromatic rings. The van der Waals surface area contributed by atoms with Crippen LogP contribution < -0.4 is 4.90 Å². The zero-order valence-corrected chi connectivity index (χ0v) is 15.9. The summed E-state index contributed by atoms with van der Waals surface area (Å²) >= 11 is 0. The lowest BCUT2D eigenvalue weighted by Crippen LogP contribution is -2.42. The van der Waals surface area contributed by atoms with E-state index in [0.29, 0.717) is 26.1 Å². The van der Waals surface area contributed by atoms with E-state index in [0.717, 1.165) is 17.7 Å². The van der Waals surface area contributed by atoms with Gasteiger partial charge in [-0.1, -0.05) is 0 Å². The summed E-state index contributed by atoms with van der Waals surface area (Å²) in [6.45, 7) is 1.58. The second-order valence-electron chi connectivity index (χ2n) is 6.81. The van der Waals surface area contributed by atoms with E-state index in [-0.39, 0.29) is 23.5 Å². The normalized spacial score (nSPS) is 21.7. The third-order valence-corrected chi connectivity index (χ3v) is 6.86. The number of anilines is 1. The SMILES string of the molecule is Cn1cc([C@H]2CN(S(=O)(=O)c3ccc(N4CCCC4=O)cc3)CCO2)cn1. The molecule has 8 nitrogen and oxygen atoms in total. The van der Waals surface area contributed by atoms with Gasteiger partial charge < -0.3 is 9.64 Å². The van der Waals surface area contributed by atoms with Crippen molar-refractivity contribution in [3.8, 4) is 0 Å². The Morgan fingerprint density at radius 1 is 1.19 bits per heavy atom. The Balaban J connectivity index is 1.52. The second kappa shape index (κ2) is 7.06. The monoisotopic (exact) mass is 390 g/mol. The minimum Gasteiger partial charge on any atom is -0.371 e. The van der Waals surface area contributed by atoms with E-state index < -0.39 is 10.0 Å². The molecule has 2 aliphatic rings. The quantitative estimate of drug-likeness (QED) is 0.786. The van der Waals surface area contributed by atoms with E-state index in [4.69, 9.17) is 4.74 Å². The molecule has 1 atom stereocenters. The van der Waals surface area contributed by atoms with Crippen molar-refractivity contribution in [3.05, 3.63) is 42.2 Å². The molecule has 0 saturated carbocycles. The molecule has 0 bridgehead atoms. The van der Waals surface area contributed by atoms with E-state index in [9.17, 15) is 13.2 Å². The number of aryl methyl sites for hydroxylation is 1. The predicted octanol–water partition coefficient (Wildman–Crippen LogP) is 1.31. The van der Waals surface area contributed by atoms with E-state index in [1.807, 2.05) is 13.2 Å². The lowest BCUT2D eigenvalue weighted by molar-refractivity contribution is -0.117. The molecule has 2 fully saturated rings. The van der Waals surface area contributed by atoms with Gasteiger partial charge in [0.05, 0.1) is 23.8 Å². The minimum atomic E-state index is -3.63. The highest BCUT2D eigenvalue weighted by Crippen LogP contribution is 2.28. The summed E-state index contributed by atoms with van der Waals surface area (Å²) in [5, 5.41) is 4.13. The van der Waals surface area contributed by atoms with Gasteiger partial charge in [0.15, 0.2) is 0 Å². The molecule has 2 aliphatic heterocycles. The third-order valence-electron chi connectivity index (χ3n) is 4.99.